The van der Waals surface area contributed by atoms with E-state index in [4.69, 9.17) is 0 Å². The second-order valence-corrected chi connectivity index (χ2v) is 13.7. The maximum Gasteiger partial charge on any atom is 0.341 e. The van der Waals surface area contributed by atoms with E-state index in [9.17, 15) is 29.1 Å². The quantitative estimate of drug-likeness (QED) is 0.326. The van der Waals surface area contributed by atoms with Crippen LogP contribution in [-0.2, 0) is 4.79 Å². The van der Waals surface area contributed by atoms with Crippen LogP contribution in [0.15, 0.2) is 46.2 Å². The molecule has 50 heavy (non-hydrogen) atoms. The maximum atomic E-state index is 15.6. The monoisotopic (exact) mass is 686 g/mol. The van der Waals surface area contributed by atoms with Crippen molar-refractivity contribution in [3.63, 3.8) is 0 Å². The minimum Gasteiger partial charge on any atom is -0.477 e. The molecule has 12 nitrogen and oxygen atoms in total. The summed E-state index contributed by atoms with van der Waals surface area (Å²) in [5.74, 6) is -3.08. The van der Waals surface area contributed by atoms with Gasteiger partial charge in [-0.05, 0) is 49.9 Å². The lowest BCUT2D eigenvalue weighted by molar-refractivity contribution is -0.129. The number of amides is 2. The molecular formula is C36H36F2N6O6. The molecule has 0 bridgehead atoms. The Labute approximate surface area is 284 Å². The highest BCUT2D eigenvalue weighted by Gasteiger charge is 2.32. The number of carboxylic acids is 1. The number of piperazine rings is 2. The molecule has 4 heterocycles. The van der Waals surface area contributed by atoms with E-state index in [1.165, 1.54) is 19.2 Å². The van der Waals surface area contributed by atoms with Gasteiger partial charge in [0.15, 0.2) is 0 Å². The highest BCUT2D eigenvalue weighted by atomic mass is 19.1. The molecule has 0 atom stereocenters. The number of aromatic nitrogens is 2. The van der Waals surface area contributed by atoms with E-state index in [-0.39, 0.29) is 66.2 Å². The number of benzene rings is 2. The van der Waals surface area contributed by atoms with E-state index < -0.39 is 39.9 Å². The highest BCUT2D eigenvalue weighted by molar-refractivity contribution is 5.98. The zero-order chi connectivity index (χ0) is 35.0. The van der Waals surface area contributed by atoms with Crippen LogP contribution in [0.25, 0.3) is 21.8 Å². The Balaban J connectivity index is 1.06. The lowest BCUT2D eigenvalue weighted by Gasteiger charge is -2.36. The Morgan fingerprint density at radius 1 is 0.640 bits per heavy atom. The van der Waals surface area contributed by atoms with Crippen molar-refractivity contribution in [2.75, 3.05) is 62.2 Å². The smallest absolute Gasteiger partial charge is 0.341 e. The molecule has 2 aromatic heterocycles. The van der Waals surface area contributed by atoms with Crippen LogP contribution in [0.3, 0.4) is 0 Å². The van der Waals surface area contributed by atoms with Crippen molar-refractivity contribution < 1.29 is 28.3 Å². The molecule has 2 aliphatic carbocycles. The largest absolute Gasteiger partial charge is 0.477 e. The summed E-state index contributed by atoms with van der Waals surface area (Å²) in [5.41, 5.74) is -0.0831. The zero-order valence-corrected chi connectivity index (χ0v) is 27.5. The van der Waals surface area contributed by atoms with Crippen molar-refractivity contribution in [3.05, 3.63) is 79.9 Å². The number of aromatic carboxylic acids is 1. The average molecular weight is 687 g/mol. The van der Waals surface area contributed by atoms with Gasteiger partial charge >= 0.3 is 5.97 Å². The van der Waals surface area contributed by atoms with Gasteiger partial charge in [0.2, 0.25) is 16.8 Å². The molecule has 0 spiro atoms. The molecule has 4 aliphatic rings. The van der Waals surface area contributed by atoms with Gasteiger partial charge < -0.3 is 33.8 Å². The first kappa shape index (κ1) is 32.0. The van der Waals surface area contributed by atoms with Crippen molar-refractivity contribution in [1.82, 2.24) is 18.9 Å². The van der Waals surface area contributed by atoms with E-state index in [1.807, 2.05) is 9.47 Å². The molecule has 2 saturated heterocycles. The van der Waals surface area contributed by atoms with Crippen LogP contribution < -0.4 is 20.7 Å². The van der Waals surface area contributed by atoms with Crippen LogP contribution in [-0.4, -0.2) is 94.2 Å². The molecule has 4 aromatic rings. The number of fused-ring (bicyclic) bond motifs is 2. The van der Waals surface area contributed by atoms with Crippen LogP contribution in [0, 0.1) is 11.6 Å². The predicted molar refractivity (Wildman–Crippen MR) is 182 cm³/mol. The summed E-state index contributed by atoms with van der Waals surface area (Å²) in [7, 11) is 0. The molecule has 2 amide bonds. The lowest BCUT2D eigenvalue weighted by Crippen LogP contribution is -2.50. The van der Waals surface area contributed by atoms with Gasteiger partial charge in [0.05, 0.1) is 22.4 Å². The summed E-state index contributed by atoms with van der Waals surface area (Å²) < 4.78 is 34.8. The van der Waals surface area contributed by atoms with Crippen molar-refractivity contribution >= 4 is 51.0 Å². The zero-order valence-electron chi connectivity index (χ0n) is 27.5. The highest BCUT2D eigenvalue weighted by Crippen LogP contribution is 2.39. The predicted octanol–water partition coefficient (Wildman–Crippen LogP) is 3.59. The van der Waals surface area contributed by atoms with Crippen LogP contribution >= 0.6 is 0 Å². The van der Waals surface area contributed by atoms with Crippen LogP contribution in [0.4, 0.5) is 20.2 Å². The molecule has 2 saturated carbocycles. The Hall–Kier alpha value is -5.27. The first-order valence-electron chi connectivity index (χ1n) is 17.0. The number of carbonyl (C=O) groups excluding carboxylic acids is 2. The molecule has 2 aromatic carbocycles. The Bertz CT molecular complexity index is 2230. The van der Waals surface area contributed by atoms with Crippen LogP contribution in [0.5, 0.6) is 0 Å². The summed E-state index contributed by atoms with van der Waals surface area (Å²) in [4.78, 5) is 71.0. The van der Waals surface area contributed by atoms with Gasteiger partial charge in [-0.15, -0.1) is 0 Å². The second kappa shape index (κ2) is 12.0. The lowest BCUT2D eigenvalue weighted by atomic mass is 10.1. The van der Waals surface area contributed by atoms with E-state index in [1.54, 1.807) is 37.6 Å². The molecule has 1 N–H and O–H groups in total. The number of halogens is 2. The van der Waals surface area contributed by atoms with Gasteiger partial charge in [0, 0.05) is 94.5 Å². The van der Waals surface area contributed by atoms with Gasteiger partial charge in [0.25, 0.3) is 5.91 Å². The van der Waals surface area contributed by atoms with E-state index in [0.717, 1.165) is 31.7 Å². The van der Waals surface area contributed by atoms with E-state index >= 15 is 8.78 Å². The number of carbonyl (C=O) groups is 3. The van der Waals surface area contributed by atoms with Crippen LogP contribution in [0.2, 0.25) is 0 Å². The Kier molecular flexibility index (Phi) is 7.64. The van der Waals surface area contributed by atoms with E-state index in [0.29, 0.717) is 42.9 Å². The van der Waals surface area contributed by atoms with E-state index in [2.05, 4.69) is 0 Å². The van der Waals surface area contributed by atoms with Gasteiger partial charge in [-0.2, -0.15) is 0 Å². The molecule has 14 heteroatoms. The number of anilines is 2. The minimum atomic E-state index is -1.36. The fourth-order valence-corrected chi connectivity index (χ4v) is 7.40. The molecule has 2 aliphatic heterocycles. The summed E-state index contributed by atoms with van der Waals surface area (Å²) in [5, 5.41) is 9.69. The first-order chi connectivity index (χ1) is 24.0. The molecule has 8 rings (SSSR count). The van der Waals surface area contributed by atoms with Gasteiger partial charge in [-0.1, -0.05) is 0 Å². The Morgan fingerprint density at radius 3 is 1.48 bits per heavy atom. The summed E-state index contributed by atoms with van der Waals surface area (Å²) in [6, 6.07) is 5.71. The molecule has 0 radical (unpaired) electrons. The number of pyridine rings is 2. The topological polar surface area (TPSA) is 128 Å². The fourth-order valence-electron chi connectivity index (χ4n) is 7.40. The van der Waals surface area contributed by atoms with Gasteiger partial charge in [0.1, 0.15) is 22.8 Å². The average Bonchev–Trinajstić information content (AvgIpc) is 4.04. The number of rotatable bonds is 6. The molecule has 0 unspecified atom stereocenters. The number of carboxylic acid groups (broad SMARTS) is 1. The molecule has 260 valence electrons. The summed E-state index contributed by atoms with van der Waals surface area (Å²) >= 11 is 0. The number of hydrogen-bond donors (Lipinski definition) is 1. The van der Waals surface area contributed by atoms with Crippen molar-refractivity contribution in [2.45, 2.75) is 44.7 Å². The number of hydrogen-bond acceptors (Lipinski definition) is 7. The second-order valence-electron chi connectivity index (χ2n) is 13.7. The third kappa shape index (κ3) is 5.46. The third-order valence-electron chi connectivity index (χ3n) is 10.5. The normalized spacial score (nSPS) is 18.3. The van der Waals surface area contributed by atoms with Crippen molar-refractivity contribution in [2.24, 2.45) is 0 Å². The van der Waals surface area contributed by atoms with Gasteiger partial charge in [-0.25, -0.2) is 13.6 Å². The third-order valence-corrected chi connectivity index (χ3v) is 10.5. The number of nitrogens with zero attached hydrogens (tertiary/aromatic N) is 6. The maximum absolute atomic E-state index is 15.6. The van der Waals surface area contributed by atoms with Crippen molar-refractivity contribution in [1.29, 1.82) is 0 Å². The standard InChI is InChI=1S/C36H36F2N6O6/c1-20(45)39-6-8-40(9-7-39)31-16-29-23(14-27(31)37)33(46)25(18-43(29)21-2-3-21)35(48)42-12-10-41(11-13-42)32-17-30-24(15-28(32)38)34(47)26(36(49)50)19-44(30)22-4-5-22/h14-19,21-22H,2-13H2,1H3,(H,49,50). The SMILES string of the molecule is CC(=O)N1CCN(c2cc3c(cc2F)c(=O)c(C(=O)N2CCN(c4cc5c(cc4F)c(=O)c(C(=O)O)cn5C4CC4)CC2)cn3C2CC2)CC1. The summed E-state index contributed by atoms with van der Waals surface area (Å²) in [6.45, 7) is 4.31. The van der Waals surface area contributed by atoms with Crippen molar-refractivity contribution in [3.8, 4) is 0 Å². The summed E-state index contributed by atoms with van der Waals surface area (Å²) in [6.07, 6.45) is 6.34. The van der Waals surface area contributed by atoms with Crippen LogP contribution in [0.1, 0.15) is 65.4 Å². The van der Waals surface area contributed by atoms with Gasteiger partial charge in [-0.3, -0.25) is 19.2 Å². The molecular weight excluding hydrogens is 650 g/mol. The Morgan fingerprint density at radius 2 is 1.06 bits per heavy atom. The fraction of sp³-hybridized carbons (Fsp3) is 0.417. The first-order valence-corrected chi connectivity index (χ1v) is 17.0. The molecule has 4 fully saturated rings. The minimum absolute atomic E-state index is 0.00854.